The molecule has 0 atom stereocenters. The second-order valence-electron chi connectivity index (χ2n) is 5.14. The van der Waals surface area contributed by atoms with Crippen molar-refractivity contribution in [1.29, 1.82) is 0 Å². The van der Waals surface area contributed by atoms with E-state index in [4.69, 9.17) is 0 Å². The number of aryl methyl sites for hydroxylation is 1. The lowest BCUT2D eigenvalue weighted by Gasteiger charge is -2.09. The van der Waals surface area contributed by atoms with Gasteiger partial charge < -0.3 is 5.11 Å². The first-order valence-corrected chi connectivity index (χ1v) is 6.83. The third-order valence-corrected chi connectivity index (χ3v) is 3.67. The minimum Gasteiger partial charge on any atom is -0.478 e. The number of benzene rings is 2. The summed E-state index contributed by atoms with van der Waals surface area (Å²) in [4.78, 5) is 22.2. The highest BCUT2D eigenvalue weighted by Gasteiger charge is 2.12. The van der Waals surface area contributed by atoms with E-state index >= 15 is 0 Å². The van der Waals surface area contributed by atoms with Crippen LogP contribution in [0.2, 0.25) is 0 Å². The average Bonchev–Trinajstić information content (AvgIpc) is 2.87. The van der Waals surface area contributed by atoms with Gasteiger partial charge in [0.1, 0.15) is 5.69 Å². The number of carbonyl (C=O) groups is 2. The quantitative estimate of drug-likeness (QED) is 0.751. The van der Waals surface area contributed by atoms with E-state index in [0.717, 1.165) is 22.8 Å². The van der Waals surface area contributed by atoms with Crippen molar-refractivity contribution in [2.75, 3.05) is 0 Å². The summed E-state index contributed by atoms with van der Waals surface area (Å²) in [5.74, 6) is -0.944. The number of carboxylic acids is 1. The number of carbonyl (C=O) groups excluding carboxylic acids is 1. The molecule has 0 fully saturated rings. The van der Waals surface area contributed by atoms with Crippen LogP contribution in [0.5, 0.6) is 0 Å². The highest BCUT2D eigenvalue weighted by atomic mass is 16.4. The van der Waals surface area contributed by atoms with Crippen molar-refractivity contribution < 1.29 is 14.7 Å². The molecule has 1 heterocycles. The first-order chi connectivity index (χ1) is 10.6. The largest absolute Gasteiger partial charge is 0.478 e. The van der Waals surface area contributed by atoms with Crippen LogP contribution in [0.4, 0.5) is 0 Å². The number of carboxylic acid groups (broad SMARTS) is 1. The molecule has 0 bridgehead atoms. The third-order valence-electron chi connectivity index (χ3n) is 3.67. The summed E-state index contributed by atoms with van der Waals surface area (Å²) < 4.78 is 1.70. The standard InChI is InChI=1S/C17H14N2O3/c1-11-8-19(18-16(11)10-20)9-12-6-7-15(17(21)22)14-5-3-2-4-13(12)14/h2-8,10H,9H2,1H3,(H,21,22). The van der Waals surface area contributed by atoms with Crippen molar-refractivity contribution >= 4 is 23.0 Å². The Balaban J connectivity index is 2.09. The average molecular weight is 294 g/mol. The lowest BCUT2D eigenvalue weighted by atomic mass is 9.99. The molecule has 1 aromatic heterocycles. The maximum atomic E-state index is 11.3. The van der Waals surface area contributed by atoms with Crippen molar-refractivity contribution in [3.05, 3.63) is 65.0 Å². The molecule has 1 N–H and O–H groups in total. The second-order valence-corrected chi connectivity index (χ2v) is 5.14. The van der Waals surface area contributed by atoms with E-state index in [0.29, 0.717) is 17.6 Å². The van der Waals surface area contributed by atoms with Gasteiger partial charge in [-0.3, -0.25) is 9.48 Å². The van der Waals surface area contributed by atoms with E-state index in [9.17, 15) is 14.7 Å². The Labute approximate surface area is 126 Å². The number of hydrogen-bond donors (Lipinski definition) is 1. The molecular formula is C17H14N2O3. The minimum absolute atomic E-state index is 0.282. The van der Waals surface area contributed by atoms with E-state index in [2.05, 4.69) is 5.10 Å². The van der Waals surface area contributed by atoms with Gasteiger partial charge in [-0.2, -0.15) is 5.10 Å². The van der Waals surface area contributed by atoms with Crippen LogP contribution in [0.3, 0.4) is 0 Å². The summed E-state index contributed by atoms with van der Waals surface area (Å²) in [5, 5.41) is 15.1. The Morgan fingerprint density at radius 2 is 1.95 bits per heavy atom. The molecule has 0 aliphatic carbocycles. The number of aromatic carboxylic acids is 1. The monoisotopic (exact) mass is 294 g/mol. The van der Waals surface area contributed by atoms with Gasteiger partial charge in [0.15, 0.2) is 6.29 Å². The fraction of sp³-hybridized carbons (Fsp3) is 0.118. The summed E-state index contributed by atoms with van der Waals surface area (Å²) in [6, 6.07) is 10.8. The van der Waals surface area contributed by atoms with Crippen LogP contribution in [0.15, 0.2) is 42.6 Å². The van der Waals surface area contributed by atoms with Crippen molar-refractivity contribution in [3.8, 4) is 0 Å². The number of fused-ring (bicyclic) bond motifs is 1. The number of nitrogens with zero attached hydrogens (tertiary/aromatic N) is 2. The van der Waals surface area contributed by atoms with E-state index in [1.54, 1.807) is 22.9 Å². The van der Waals surface area contributed by atoms with Gasteiger partial charge in [0.25, 0.3) is 0 Å². The Morgan fingerprint density at radius 3 is 2.59 bits per heavy atom. The summed E-state index contributed by atoms with van der Waals surface area (Å²) in [7, 11) is 0. The molecule has 22 heavy (non-hydrogen) atoms. The van der Waals surface area contributed by atoms with Gasteiger partial charge in [0, 0.05) is 6.20 Å². The van der Waals surface area contributed by atoms with Crippen LogP contribution in [0, 0.1) is 6.92 Å². The third kappa shape index (κ3) is 2.37. The molecular weight excluding hydrogens is 280 g/mol. The second kappa shape index (κ2) is 5.44. The molecule has 0 radical (unpaired) electrons. The van der Waals surface area contributed by atoms with Crippen LogP contribution in [-0.2, 0) is 6.54 Å². The highest BCUT2D eigenvalue weighted by molar-refractivity contribution is 6.04. The lowest BCUT2D eigenvalue weighted by Crippen LogP contribution is -2.04. The number of aromatic nitrogens is 2. The van der Waals surface area contributed by atoms with Gasteiger partial charge in [0.2, 0.25) is 0 Å². The van der Waals surface area contributed by atoms with Crippen molar-refractivity contribution in [2.24, 2.45) is 0 Å². The number of aldehydes is 1. The molecule has 110 valence electrons. The minimum atomic E-state index is -0.944. The fourth-order valence-electron chi connectivity index (χ4n) is 2.59. The molecule has 0 saturated carbocycles. The summed E-state index contributed by atoms with van der Waals surface area (Å²) in [5.41, 5.74) is 2.48. The van der Waals surface area contributed by atoms with Crippen LogP contribution in [0.1, 0.15) is 32.0 Å². The first kappa shape index (κ1) is 14.0. The maximum absolute atomic E-state index is 11.3. The van der Waals surface area contributed by atoms with Gasteiger partial charge in [-0.25, -0.2) is 4.79 Å². The van der Waals surface area contributed by atoms with Crippen LogP contribution < -0.4 is 0 Å². The zero-order chi connectivity index (χ0) is 15.7. The molecule has 5 heteroatoms. The maximum Gasteiger partial charge on any atom is 0.336 e. The van der Waals surface area contributed by atoms with Crippen molar-refractivity contribution in [1.82, 2.24) is 9.78 Å². The Kier molecular flexibility index (Phi) is 3.47. The zero-order valence-corrected chi connectivity index (χ0v) is 12.0. The molecule has 0 saturated heterocycles. The van der Waals surface area contributed by atoms with Gasteiger partial charge in [-0.1, -0.05) is 30.3 Å². The highest BCUT2D eigenvalue weighted by Crippen LogP contribution is 2.24. The predicted molar refractivity (Wildman–Crippen MR) is 82.4 cm³/mol. The van der Waals surface area contributed by atoms with Crippen molar-refractivity contribution in [3.63, 3.8) is 0 Å². The molecule has 3 rings (SSSR count). The molecule has 2 aromatic carbocycles. The van der Waals surface area contributed by atoms with E-state index in [1.807, 2.05) is 31.3 Å². The van der Waals surface area contributed by atoms with E-state index in [1.165, 1.54) is 0 Å². The summed E-state index contributed by atoms with van der Waals surface area (Å²) in [6.07, 6.45) is 2.54. The summed E-state index contributed by atoms with van der Waals surface area (Å²) in [6.45, 7) is 2.31. The Hall–Kier alpha value is -2.95. The molecule has 0 unspecified atom stereocenters. The number of rotatable bonds is 4. The van der Waals surface area contributed by atoms with E-state index in [-0.39, 0.29) is 5.56 Å². The lowest BCUT2D eigenvalue weighted by molar-refractivity contribution is 0.0699. The SMILES string of the molecule is Cc1cn(Cc2ccc(C(=O)O)c3ccccc23)nc1C=O. The Bertz CT molecular complexity index is 881. The van der Waals surface area contributed by atoms with Crippen LogP contribution in [-0.4, -0.2) is 27.1 Å². The molecule has 0 aliphatic rings. The predicted octanol–water partition coefficient (Wildman–Crippen LogP) is 2.90. The number of hydrogen-bond acceptors (Lipinski definition) is 3. The smallest absolute Gasteiger partial charge is 0.336 e. The van der Waals surface area contributed by atoms with Gasteiger partial charge in [0.05, 0.1) is 12.1 Å². The summed E-state index contributed by atoms with van der Waals surface area (Å²) >= 11 is 0. The van der Waals surface area contributed by atoms with E-state index < -0.39 is 5.97 Å². The molecule has 0 spiro atoms. The molecule has 0 amide bonds. The van der Waals surface area contributed by atoms with Crippen LogP contribution in [0.25, 0.3) is 10.8 Å². The normalized spacial score (nSPS) is 10.8. The molecule has 5 nitrogen and oxygen atoms in total. The van der Waals surface area contributed by atoms with Gasteiger partial charge >= 0.3 is 5.97 Å². The van der Waals surface area contributed by atoms with Gasteiger partial charge in [-0.15, -0.1) is 0 Å². The van der Waals surface area contributed by atoms with Gasteiger partial charge in [-0.05, 0) is 34.9 Å². The molecule has 0 aliphatic heterocycles. The fourth-order valence-corrected chi connectivity index (χ4v) is 2.59. The zero-order valence-electron chi connectivity index (χ0n) is 12.0. The van der Waals surface area contributed by atoms with Crippen molar-refractivity contribution in [2.45, 2.75) is 13.5 Å². The molecule has 3 aromatic rings. The first-order valence-electron chi connectivity index (χ1n) is 6.83. The van der Waals surface area contributed by atoms with Crippen LogP contribution >= 0.6 is 0 Å². The Morgan fingerprint density at radius 1 is 1.23 bits per heavy atom. The topological polar surface area (TPSA) is 72.2 Å².